The summed E-state index contributed by atoms with van der Waals surface area (Å²) in [7, 11) is 1.58. The van der Waals surface area contributed by atoms with Crippen molar-refractivity contribution in [2.75, 3.05) is 32.4 Å². The van der Waals surface area contributed by atoms with Crippen LogP contribution in [0.5, 0.6) is 0 Å². The van der Waals surface area contributed by atoms with Crippen molar-refractivity contribution in [3.63, 3.8) is 0 Å². The quantitative estimate of drug-likeness (QED) is 0.493. The van der Waals surface area contributed by atoms with Gasteiger partial charge in [0.2, 0.25) is 11.8 Å². The molecule has 0 radical (unpaired) electrons. The molecule has 37 heavy (non-hydrogen) atoms. The van der Waals surface area contributed by atoms with Crippen LogP contribution in [0, 0.1) is 0 Å². The number of hydrogen-bond acceptors (Lipinski definition) is 7. The lowest BCUT2D eigenvalue weighted by Crippen LogP contribution is -2.66. The molecule has 5 rings (SSSR count). The molecule has 2 atom stereocenters. The number of nitrogens with zero attached hydrogens (tertiary/aromatic N) is 5. The van der Waals surface area contributed by atoms with Gasteiger partial charge in [0.05, 0.1) is 23.3 Å². The molecular weight excluding hydrogens is 490 g/mol. The molecule has 2 fully saturated rings. The molecule has 0 unspecified atom stereocenters. The van der Waals surface area contributed by atoms with E-state index in [0.717, 1.165) is 27.8 Å². The molecule has 0 saturated carbocycles. The highest BCUT2D eigenvalue weighted by molar-refractivity contribution is 7.22. The van der Waals surface area contributed by atoms with Crippen molar-refractivity contribution in [3.8, 4) is 0 Å². The van der Waals surface area contributed by atoms with E-state index in [0.29, 0.717) is 24.6 Å². The number of nitrogen functional groups attached to an aromatic ring is 1. The highest BCUT2D eigenvalue weighted by Gasteiger charge is 2.52. The summed E-state index contributed by atoms with van der Waals surface area (Å²) in [5.41, 5.74) is 8.63. The van der Waals surface area contributed by atoms with E-state index in [1.54, 1.807) is 21.9 Å². The van der Waals surface area contributed by atoms with E-state index in [1.807, 2.05) is 60.5 Å². The number of hydrogen-bond donors (Lipinski definition) is 2. The molecule has 2 aliphatic rings. The molecule has 11 heteroatoms. The molecule has 2 aliphatic heterocycles. The first kappa shape index (κ1) is 25.0. The number of aromatic nitrogens is 1. The molecule has 2 saturated heterocycles. The molecule has 0 aliphatic carbocycles. The zero-order valence-electron chi connectivity index (χ0n) is 21.0. The first-order chi connectivity index (χ1) is 17.9. The molecule has 194 valence electrons. The standard InChI is InChI=1S/C26H31N7O3S/c1-3-12-31(26(36)28-2)32-16-22(34)33-19(13-17-8-5-4-6-9-17)24(35)30(15-21(32)33)14-18-10-7-11-20-23(18)29-25(27)37-20/h4-11,19,21H,3,12-16H2,1-2H3,(H2,27,29)(H,28,36)/t19-,21+/m0/s1. The molecule has 3 aromatic rings. The van der Waals surface area contributed by atoms with Crippen molar-refractivity contribution in [2.45, 2.75) is 38.5 Å². The van der Waals surface area contributed by atoms with Gasteiger partial charge in [-0.15, -0.1) is 0 Å². The Bertz CT molecular complexity index is 1310. The number of benzene rings is 2. The number of carbonyl (C=O) groups is 3. The highest BCUT2D eigenvalue weighted by Crippen LogP contribution is 2.32. The van der Waals surface area contributed by atoms with Gasteiger partial charge in [-0.05, 0) is 23.6 Å². The van der Waals surface area contributed by atoms with E-state index in [4.69, 9.17) is 5.73 Å². The number of anilines is 1. The number of nitrogens with one attached hydrogen (secondary N) is 1. The van der Waals surface area contributed by atoms with Gasteiger partial charge in [0.25, 0.3) is 0 Å². The predicted octanol–water partition coefficient (Wildman–Crippen LogP) is 2.27. The maximum Gasteiger partial charge on any atom is 0.331 e. The minimum Gasteiger partial charge on any atom is -0.375 e. The van der Waals surface area contributed by atoms with Crippen LogP contribution in [0.25, 0.3) is 10.2 Å². The smallest absolute Gasteiger partial charge is 0.331 e. The van der Waals surface area contributed by atoms with E-state index in [-0.39, 0.29) is 30.9 Å². The monoisotopic (exact) mass is 521 g/mol. The van der Waals surface area contributed by atoms with Gasteiger partial charge in [0.1, 0.15) is 12.2 Å². The van der Waals surface area contributed by atoms with Crippen LogP contribution in [0.4, 0.5) is 9.93 Å². The molecule has 1 aromatic heterocycles. The Morgan fingerprint density at radius 2 is 1.97 bits per heavy atom. The summed E-state index contributed by atoms with van der Waals surface area (Å²) >= 11 is 1.41. The van der Waals surface area contributed by atoms with Crippen molar-refractivity contribution >= 4 is 44.5 Å². The number of urea groups is 1. The van der Waals surface area contributed by atoms with Crippen LogP contribution in [0.2, 0.25) is 0 Å². The second-order valence-corrected chi connectivity index (χ2v) is 10.4. The third-order valence-electron chi connectivity index (χ3n) is 6.91. The first-order valence-corrected chi connectivity index (χ1v) is 13.3. The van der Waals surface area contributed by atoms with Crippen molar-refractivity contribution in [3.05, 3.63) is 59.7 Å². The lowest BCUT2D eigenvalue weighted by molar-refractivity contribution is -0.157. The largest absolute Gasteiger partial charge is 0.375 e. The summed E-state index contributed by atoms with van der Waals surface area (Å²) in [5, 5.41) is 6.57. The van der Waals surface area contributed by atoms with Gasteiger partial charge < -0.3 is 20.9 Å². The average Bonchev–Trinajstić information content (AvgIpc) is 3.44. The minimum atomic E-state index is -0.675. The van der Waals surface area contributed by atoms with Gasteiger partial charge in [0, 0.05) is 26.6 Å². The van der Waals surface area contributed by atoms with Crippen LogP contribution in [0.1, 0.15) is 24.5 Å². The number of piperazine rings is 1. The van der Waals surface area contributed by atoms with E-state index in [1.165, 1.54) is 11.3 Å². The fraction of sp³-hybridized carbons (Fsp3) is 0.385. The van der Waals surface area contributed by atoms with Crippen molar-refractivity contribution in [1.82, 2.24) is 30.1 Å². The molecule has 10 nitrogen and oxygen atoms in total. The number of thiazole rings is 1. The molecule has 3 heterocycles. The van der Waals surface area contributed by atoms with Crippen LogP contribution in [-0.2, 0) is 22.6 Å². The summed E-state index contributed by atoms with van der Waals surface area (Å²) in [4.78, 5) is 48.0. The van der Waals surface area contributed by atoms with E-state index < -0.39 is 12.2 Å². The van der Waals surface area contributed by atoms with Gasteiger partial charge >= 0.3 is 6.03 Å². The fourth-order valence-corrected chi connectivity index (χ4v) is 6.05. The normalized spacial score (nSPS) is 19.9. The molecule has 3 N–H and O–H groups in total. The number of carbonyl (C=O) groups excluding carboxylic acids is 3. The zero-order chi connectivity index (χ0) is 26.1. The lowest BCUT2D eigenvalue weighted by Gasteiger charge is -2.46. The number of para-hydroxylation sites is 1. The lowest BCUT2D eigenvalue weighted by atomic mass is 10.00. The Balaban J connectivity index is 1.52. The Kier molecular flexibility index (Phi) is 6.98. The summed E-state index contributed by atoms with van der Waals surface area (Å²) in [6.45, 7) is 3.11. The summed E-state index contributed by atoms with van der Waals surface area (Å²) < 4.78 is 0.966. The van der Waals surface area contributed by atoms with Crippen molar-refractivity contribution in [1.29, 1.82) is 0 Å². The number of amides is 4. The number of nitrogens with two attached hydrogens (primary N) is 1. The Labute approximate surface area is 219 Å². The van der Waals surface area contributed by atoms with E-state index in [2.05, 4.69) is 10.3 Å². The maximum absolute atomic E-state index is 13.9. The van der Waals surface area contributed by atoms with Crippen LogP contribution in [0.3, 0.4) is 0 Å². The van der Waals surface area contributed by atoms with Gasteiger partial charge in [-0.25, -0.2) is 9.78 Å². The SMILES string of the molecule is CCCN(C(=O)NC)N1CC(=O)N2[C@@H](Cc3ccccc3)C(=O)N(Cc3cccc4sc(N)nc34)C[C@@H]21. The Morgan fingerprint density at radius 1 is 1.19 bits per heavy atom. The highest BCUT2D eigenvalue weighted by atomic mass is 32.1. The third-order valence-corrected chi connectivity index (χ3v) is 7.76. The Hall–Kier alpha value is -3.70. The second-order valence-electron chi connectivity index (χ2n) is 9.30. The minimum absolute atomic E-state index is 0.0443. The average molecular weight is 522 g/mol. The van der Waals surface area contributed by atoms with Crippen LogP contribution in [-0.4, -0.2) is 81.5 Å². The third kappa shape index (κ3) is 4.72. The molecule has 0 spiro atoms. The maximum atomic E-state index is 13.9. The van der Waals surface area contributed by atoms with E-state index in [9.17, 15) is 14.4 Å². The van der Waals surface area contributed by atoms with E-state index >= 15 is 0 Å². The van der Waals surface area contributed by atoms with Crippen molar-refractivity contribution in [2.24, 2.45) is 0 Å². The fourth-order valence-electron chi connectivity index (χ4n) is 5.27. The number of hydrazine groups is 1. The van der Waals surface area contributed by atoms with Gasteiger partial charge in [-0.3, -0.25) is 14.6 Å². The zero-order valence-corrected chi connectivity index (χ0v) is 21.8. The first-order valence-electron chi connectivity index (χ1n) is 12.4. The van der Waals surface area contributed by atoms with Gasteiger partial charge in [-0.1, -0.05) is 60.7 Å². The molecule has 2 aromatic carbocycles. The van der Waals surface area contributed by atoms with Crippen molar-refractivity contribution < 1.29 is 14.4 Å². The van der Waals surface area contributed by atoms with Crippen LogP contribution < -0.4 is 11.1 Å². The molecule has 0 bridgehead atoms. The van der Waals surface area contributed by atoms with Crippen LogP contribution in [0.15, 0.2) is 48.5 Å². The Morgan fingerprint density at radius 3 is 2.70 bits per heavy atom. The second kappa shape index (κ2) is 10.3. The summed E-state index contributed by atoms with van der Waals surface area (Å²) in [6, 6.07) is 14.6. The topological polar surface area (TPSA) is 115 Å². The molecular formula is C26H31N7O3S. The molecule has 4 amide bonds. The number of fused-ring (bicyclic) bond motifs is 2. The number of rotatable bonds is 7. The predicted molar refractivity (Wildman–Crippen MR) is 142 cm³/mol. The summed E-state index contributed by atoms with van der Waals surface area (Å²) in [6.07, 6.45) is 0.671. The van der Waals surface area contributed by atoms with Gasteiger partial charge in [-0.2, -0.15) is 5.01 Å². The summed E-state index contributed by atoms with van der Waals surface area (Å²) in [5.74, 6) is -0.268. The van der Waals surface area contributed by atoms with Crippen LogP contribution >= 0.6 is 11.3 Å². The van der Waals surface area contributed by atoms with Gasteiger partial charge in [0.15, 0.2) is 5.13 Å².